The van der Waals surface area contributed by atoms with Crippen LogP contribution in [0.2, 0.25) is 5.02 Å². The fourth-order valence-electron chi connectivity index (χ4n) is 1.82. The van der Waals surface area contributed by atoms with Crippen LogP contribution in [0.5, 0.6) is 0 Å². The molecule has 0 atom stereocenters. The summed E-state index contributed by atoms with van der Waals surface area (Å²) in [7, 11) is 1.80. The third-order valence-electron chi connectivity index (χ3n) is 2.94. The first kappa shape index (κ1) is 17.2. The number of hydrogen-bond acceptors (Lipinski definition) is 2. The first-order valence-corrected chi connectivity index (χ1v) is 8.72. The third kappa shape index (κ3) is 7.06. The quantitative estimate of drug-likeness (QED) is 0.439. The summed E-state index contributed by atoms with van der Waals surface area (Å²) in [6.07, 6.45) is 5.45. The molecule has 0 heterocycles. The van der Waals surface area contributed by atoms with Gasteiger partial charge in [-0.05, 0) is 42.9 Å². The van der Waals surface area contributed by atoms with Crippen LogP contribution in [0.15, 0.2) is 29.3 Å². The largest absolute Gasteiger partial charge is 0.356 e. The maximum absolute atomic E-state index is 6.13. The number of nitrogens with zero attached hydrogens (tertiary/aromatic N) is 1. The molecule has 0 saturated heterocycles. The molecule has 20 heavy (non-hydrogen) atoms. The van der Waals surface area contributed by atoms with Crippen molar-refractivity contribution in [2.45, 2.75) is 19.3 Å². The standard InChI is InChI=1S/C15H24ClN3S/c1-17-15(18-10-5-6-12-20-2)19-11-9-13-7-3-4-8-14(13)16/h3-4,7-8H,5-6,9-12H2,1-2H3,(H2,17,18,19). The molecule has 1 rings (SSSR count). The van der Waals surface area contributed by atoms with Crippen LogP contribution in [0.1, 0.15) is 18.4 Å². The van der Waals surface area contributed by atoms with E-state index in [0.29, 0.717) is 0 Å². The highest BCUT2D eigenvalue weighted by Crippen LogP contribution is 2.14. The second-order valence-electron chi connectivity index (χ2n) is 4.47. The minimum atomic E-state index is 0.828. The molecular weight excluding hydrogens is 290 g/mol. The predicted octanol–water partition coefficient (Wildman–Crippen LogP) is 3.19. The maximum atomic E-state index is 6.13. The van der Waals surface area contributed by atoms with Crippen LogP contribution in [0.25, 0.3) is 0 Å². The van der Waals surface area contributed by atoms with E-state index in [1.54, 1.807) is 7.05 Å². The average molecular weight is 314 g/mol. The van der Waals surface area contributed by atoms with Crippen molar-refractivity contribution in [3.63, 3.8) is 0 Å². The van der Waals surface area contributed by atoms with E-state index in [4.69, 9.17) is 11.6 Å². The zero-order valence-corrected chi connectivity index (χ0v) is 13.9. The van der Waals surface area contributed by atoms with Gasteiger partial charge < -0.3 is 10.6 Å². The van der Waals surface area contributed by atoms with Crippen LogP contribution >= 0.6 is 23.4 Å². The first-order valence-electron chi connectivity index (χ1n) is 6.94. The van der Waals surface area contributed by atoms with Crippen molar-refractivity contribution in [3.05, 3.63) is 34.9 Å². The monoisotopic (exact) mass is 313 g/mol. The number of guanidine groups is 1. The SMILES string of the molecule is CN=C(NCCCCSC)NCCc1ccccc1Cl. The van der Waals surface area contributed by atoms with Gasteiger partial charge in [0.15, 0.2) is 5.96 Å². The number of hydrogen-bond donors (Lipinski definition) is 2. The molecule has 0 saturated carbocycles. The van der Waals surface area contributed by atoms with Gasteiger partial charge in [0.1, 0.15) is 0 Å². The van der Waals surface area contributed by atoms with E-state index >= 15 is 0 Å². The Labute approximate surface area is 131 Å². The normalized spacial score (nSPS) is 11.4. The number of nitrogens with one attached hydrogen (secondary N) is 2. The average Bonchev–Trinajstić information content (AvgIpc) is 2.47. The van der Waals surface area contributed by atoms with Gasteiger partial charge in [0.2, 0.25) is 0 Å². The Hall–Kier alpha value is -0.870. The zero-order chi connectivity index (χ0) is 14.6. The molecular formula is C15H24ClN3S. The molecule has 0 bridgehead atoms. The fourth-order valence-corrected chi connectivity index (χ4v) is 2.54. The van der Waals surface area contributed by atoms with Crippen LogP contribution in [0.3, 0.4) is 0 Å². The van der Waals surface area contributed by atoms with Crippen molar-refractivity contribution in [1.29, 1.82) is 0 Å². The highest BCUT2D eigenvalue weighted by Gasteiger charge is 2.00. The lowest BCUT2D eigenvalue weighted by atomic mass is 10.1. The van der Waals surface area contributed by atoms with Crippen molar-refractivity contribution in [2.75, 3.05) is 32.1 Å². The van der Waals surface area contributed by atoms with E-state index in [-0.39, 0.29) is 0 Å². The topological polar surface area (TPSA) is 36.4 Å². The molecule has 0 aliphatic rings. The summed E-state index contributed by atoms with van der Waals surface area (Å²) in [5.41, 5.74) is 1.16. The van der Waals surface area contributed by atoms with Gasteiger partial charge in [-0.15, -0.1) is 0 Å². The van der Waals surface area contributed by atoms with E-state index in [2.05, 4.69) is 27.9 Å². The number of rotatable bonds is 8. The van der Waals surface area contributed by atoms with Gasteiger partial charge in [0.25, 0.3) is 0 Å². The second kappa shape index (κ2) is 10.9. The zero-order valence-electron chi connectivity index (χ0n) is 12.3. The van der Waals surface area contributed by atoms with E-state index in [1.807, 2.05) is 30.0 Å². The highest BCUT2D eigenvalue weighted by atomic mass is 35.5. The van der Waals surface area contributed by atoms with Crippen molar-refractivity contribution < 1.29 is 0 Å². The second-order valence-corrected chi connectivity index (χ2v) is 5.86. The summed E-state index contributed by atoms with van der Waals surface area (Å²) in [5, 5.41) is 7.46. The van der Waals surface area contributed by atoms with Gasteiger partial charge >= 0.3 is 0 Å². The summed E-state index contributed by atoms with van der Waals surface area (Å²) in [6, 6.07) is 7.95. The maximum Gasteiger partial charge on any atom is 0.190 e. The molecule has 1 aromatic carbocycles. The summed E-state index contributed by atoms with van der Waals surface area (Å²) in [4.78, 5) is 4.22. The third-order valence-corrected chi connectivity index (χ3v) is 4.00. The van der Waals surface area contributed by atoms with E-state index in [1.165, 1.54) is 18.6 Å². The minimum Gasteiger partial charge on any atom is -0.356 e. The number of unbranched alkanes of at least 4 members (excludes halogenated alkanes) is 1. The van der Waals surface area contributed by atoms with Crippen molar-refractivity contribution >= 4 is 29.3 Å². The van der Waals surface area contributed by atoms with Gasteiger partial charge in [0.05, 0.1) is 0 Å². The lowest BCUT2D eigenvalue weighted by molar-refractivity contribution is 0.730. The molecule has 0 spiro atoms. The van der Waals surface area contributed by atoms with Gasteiger partial charge in [0, 0.05) is 25.2 Å². The Morgan fingerprint density at radius 2 is 1.95 bits per heavy atom. The Kier molecular flexibility index (Phi) is 9.33. The van der Waals surface area contributed by atoms with Gasteiger partial charge in [-0.25, -0.2) is 0 Å². The van der Waals surface area contributed by atoms with Crippen LogP contribution in [0.4, 0.5) is 0 Å². The molecule has 1 aromatic rings. The number of thioether (sulfide) groups is 1. The molecule has 0 unspecified atom stereocenters. The number of halogens is 1. The molecule has 0 fully saturated rings. The summed E-state index contributed by atoms with van der Waals surface area (Å²) in [6.45, 7) is 1.79. The summed E-state index contributed by atoms with van der Waals surface area (Å²) < 4.78 is 0. The summed E-state index contributed by atoms with van der Waals surface area (Å²) in [5.74, 6) is 2.08. The van der Waals surface area contributed by atoms with Crippen LogP contribution in [0, 0.1) is 0 Å². The molecule has 2 N–H and O–H groups in total. The number of benzene rings is 1. The smallest absolute Gasteiger partial charge is 0.190 e. The molecule has 0 aromatic heterocycles. The van der Waals surface area contributed by atoms with Crippen molar-refractivity contribution in [2.24, 2.45) is 4.99 Å². The fraction of sp³-hybridized carbons (Fsp3) is 0.533. The molecule has 112 valence electrons. The Balaban J connectivity index is 2.20. The predicted molar refractivity (Wildman–Crippen MR) is 92.1 cm³/mol. The molecule has 0 amide bonds. The molecule has 0 aliphatic heterocycles. The van der Waals surface area contributed by atoms with E-state index in [0.717, 1.165) is 36.1 Å². The van der Waals surface area contributed by atoms with Crippen LogP contribution < -0.4 is 10.6 Å². The van der Waals surface area contributed by atoms with E-state index in [9.17, 15) is 0 Å². The highest BCUT2D eigenvalue weighted by molar-refractivity contribution is 7.98. The molecule has 0 radical (unpaired) electrons. The Bertz CT molecular complexity index is 410. The van der Waals surface area contributed by atoms with Gasteiger partial charge in [-0.3, -0.25) is 4.99 Å². The Morgan fingerprint density at radius 3 is 2.65 bits per heavy atom. The Morgan fingerprint density at radius 1 is 1.20 bits per heavy atom. The lowest BCUT2D eigenvalue weighted by Gasteiger charge is -2.12. The summed E-state index contributed by atoms with van der Waals surface area (Å²) >= 11 is 8.02. The van der Waals surface area contributed by atoms with Crippen molar-refractivity contribution in [1.82, 2.24) is 10.6 Å². The van der Waals surface area contributed by atoms with Crippen LogP contribution in [-0.2, 0) is 6.42 Å². The minimum absolute atomic E-state index is 0.828. The van der Waals surface area contributed by atoms with Gasteiger partial charge in [-0.2, -0.15) is 11.8 Å². The van der Waals surface area contributed by atoms with Crippen molar-refractivity contribution in [3.8, 4) is 0 Å². The molecule has 5 heteroatoms. The first-order chi connectivity index (χ1) is 9.77. The molecule has 3 nitrogen and oxygen atoms in total. The lowest BCUT2D eigenvalue weighted by Crippen LogP contribution is -2.38. The molecule has 0 aliphatic carbocycles. The van der Waals surface area contributed by atoms with E-state index < -0.39 is 0 Å². The number of aliphatic imine (C=N–C) groups is 1. The van der Waals surface area contributed by atoms with Gasteiger partial charge in [-0.1, -0.05) is 29.8 Å². The van der Waals surface area contributed by atoms with Crippen LogP contribution in [-0.4, -0.2) is 38.1 Å².